The van der Waals surface area contributed by atoms with Crippen LogP contribution in [-0.4, -0.2) is 49.8 Å². The van der Waals surface area contributed by atoms with E-state index >= 15 is 0 Å². The number of carbonyl (C=O) groups is 2. The van der Waals surface area contributed by atoms with Crippen LogP contribution in [0.2, 0.25) is 0 Å². The second kappa shape index (κ2) is 9.33. The molecule has 0 bridgehead atoms. The predicted octanol–water partition coefficient (Wildman–Crippen LogP) is -0.0449. The molecule has 0 aliphatic heterocycles. The van der Waals surface area contributed by atoms with Gasteiger partial charge in [-0.25, -0.2) is 8.42 Å². The molecule has 11 heteroatoms. The number of nitrogens with zero attached hydrogens (tertiary/aromatic N) is 2. The lowest BCUT2D eigenvalue weighted by molar-refractivity contribution is -0.153. The Kier molecular flexibility index (Phi) is 7.12. The average molecular weight is 410 g/mol. The van der Waals surface area contributed by atoms with Crippen LogP contribution in [-0.2, 0) is 37.9 Å². The van der Waals surface area contributed by atoms with Crippen molar-refractivity contribution in [1.29, 1.82) is 0 Å². The van der Waals surface area contributed by atoms with E-state index in [0.29, 0.717) is 5.75 Å². The third-order valence-corrected chi connectivity index (χ3v) is 5.08. The highest BCUT2D eigenvalue weighted by Gasteiger charge is 2.21. The van der Waals surface area contributed by atoms with E-state index in [4.69, 9.17) is 9.47 Å². The number of carbonyl (C=O) groups excluding carboxylic acids is 2. The molecule has 1 atom stereocenters. The Morgan fingerprint density at radius 3 is 2.64 bits per heavy atom. The summed E-state index contributed by atoms with van der Waals surface area (Å²) in [6.07, 6.45) is 1.36. The highest BCUT2D eigenvalue weighted by atomic mass is 32.2. The first-order chi connectivity index (χ1) is 13.2. The van der Waals surface area contributed by atoms with E-state index < -0.39 is 34.5 Å². The highest BCUT2D eigenvalue weighted by Crippen LogP contribution is 2.16. The van der Waals surface area contributed by atoms with Gasteiger partial charge in [0.2, 0.25) is 10.0 Å². The minimum absolute atomic E-state index is 0.0783. The molecule has 1 amide bonds. The van der Waals surface area contributed by atoms with Gasteiger partial charge in [0, 0.05) is 25.4 Å². The maximum Gasteiger partial charge on any atom is 0.321 e. The summed E-state index contributed by atoms with van der Waals surface area (Å²) in [7, 11) is -0.800. The SMILES string of the molecule is COc1ccccc1CNC(=O)C(C)OC(=O)CNS(=O)(=O)c1cnn(C)c1. The first-order valence-corrected chi connectivity index (χ1v) is 9.78. The van der Waals surface area contributed by atoms with Crippen LogP contribution < -0.4 is 14.8 Å². The second-order valence-corrected chi connectivity index (χ2v) is 7.60. The smallest absolute Gasteiger partial charge is 0.321 e. The Balaban J connectivity index is 1.82. The lowest BCUT2D eigenvalue weighted by atomic mass is 10.2. The number of amides is 1. The first-order valence-electron chi connectivity index (χ1n) is 8.30. The molecule has 28 heavy (non-hydrogen) atoms. The average Bonchev–Trinajstić information content (AvgIpc) is 3.12. The summed E-state index contributed by atoms with van der Waals surface area (Å²) >= 11 is 0. The zero-order valence-electron chi connectivity index (χ0n) is 15.7. The van der Waals surface area contributed by atoms with Crippen molar-refractivity contribution in [3.05, 3.63) is 42.2 Å². The van der Waals surface area contributed by atoms with Crippen molar-refractivity contribution in [3.63, 3.8) is 0 Å². The number of ether oxygens (including phenoxy) is 2. The van der Waals surface area contributed by atoms with Gasteiger partial charge in [0.05, 0.1) is 13.3 Å². The van der Waals surface area contributed by atoms with Crippen LogP contribution in [0.15, 0.2) is 41.6 Å². The maximum atomic E-state index is 12.1. The van der Waals surface area contributed by atoms with Gasteiger partial charge >= 0.3 is 5.97 Å². The molecule has 1 unspecified atom stereocenters. The number of aromatic nitrogens is 2. The zero-order valence-corrected chi connectivity index (χ0v) is 16.5. The van der Waals surface area contributed by atoms with E-state index in [9.17, 15) is 18.0 Å². The van der Waals surface area contributed by atoms with Crippen LogP contribution in [0.1, 0.15) is 12.5 Å². The Morgan fingerprint density at radius 2 is 2.00 bits per heavy atom. The van der Waals surface area contributed by atoms with Gasteiger partial charge in [0.25, 0.3) is 5.91 Å². The molecule has 0 saturated heterocycles. The topological polar surface area (TPSA) is 129 Å². The fraction of sp³-hybridized carbons (Fsp3) is 0.353. The van der Waals surface area contributed by atoms with Crippen molar-refractivity contribution in [3.8, 4) is 5.75 Å². The molecule has 0 aliphatic rings. The summed E-state index contributed by atoms with van der Waals surface area (Å²) in [5.74, 6) is -0.779. The fourth-order valence-corrected chi connectivity index (χ4v) is 3.19. The molecule has 2 rings (SSSR count). The van der Waals surface area contributed by atoms with Crippen molar-refractivity contribution < 1.29 is 27.5 Å². The molecular weight excluding hydrogens is 388 g/mol. The fourth-order valence-electron chi connectivity index (χ4n) is 2.24. The number of hydrogen-bond acceptors (Lipinski definition) is 7. The minimum atomic E-state index is -3.89. The number of nitrogens with one attached hydrogen (secondary N) is 2. The van der Waals surface area contributed by atoms with E-state index in [1.54, 1.807) is 25.2 Å². The molecule has 0 radical (unpaired) electrons. The summed E-state index contributed by atoms with van der Waals surface area (Å²) in [6, 6.07) is 7.17. The van der Waals surface area contributed by atoms with Crippen LogP contribution in [0, 0.1) is 0 Å². The van der Waals surface area contributed by atoms with E-state index in [1.807, 2.05) is 6.07 Å². The van der Waals surface area contributed by atoms with Crippen molar-refractivity contribution in [2.45, 2.75) is 24.5 Å². The lowest BCUT2D eigenvalue weighted by Gasteiger charge is -2.14. The van der Waals surface area contributed by atoms with Gasteiger partial charge in [0.15, 0.2) is 6.10 Å². The van der Waals surface area contributed by atoms with Gasteiger partial charge in [0.1, 0.15) is 17.2 Å². The molecule has 0 fully saturated rings. The van der Waals surface area contributed by atoms with Crippen molar-refractivity contribution >= 4 is 21.9 Å². The number of para-hydroxylation sites is 1. The monoisotopic (exact) mass is 410 g/mol. The minimum Gasteiger partial charge on any atom is -0.496 e. The zero-order chi connectivity index (χ0) is 20.7. The van der Waals surface area contributed by atoms with Crippen molar-refractivity contribution in [1.82, 2.24) is 19.8 Å². The van der Waals surface area contributed by atoms with Crippen LogP contribution in [0.25, 0.3) is 0 Å². The number of sulfonamides is 1. The summed E-state index contributed by atoms with van der Waals surface area (Å²) in [5.41, 5.74) is 0.765. The number of aryl methyl sites for hydroxylation is 1. The van der Waals surface area contributed by atoms with Crippen LogP contribution in [0.4, 0.5) is 0 Å². The third kappa shape index (κ3) is 5.79. The normalized spacial score (nSPS) is 12.2. The molecule has 1 heterocycles. The molecule has 2 N–H and O–H groups in total. The maximum absolute atomic E-state index is 12.1. The Bertz CT molecular complexity index is 941. The second-order valence-electron chi connectivity index (χ2n) is 5.84. The Labute approximate surface area is 162 Å². The molecule has 0 aliphatic carbocycles. The number of hydrogen-bond donors (Lipinski definition) is 2. The lowest BCUT2D eigenvalue weighted by Crippen LogP contribution is -2.38. The number of rotatable bonds is 9. The van der Waals surface area contributed by atoms with E-state index in [0.717, 1.165) is 11.8 Å². The van der Waals surface area contributed by atoms with Gasteiger partial charge in [-0.15, -0.1) is 0 Å². The van der Waals surface area contributed by atoms with Gasteiger partial charge in [-0.2, -0.15) is 9.82 Å². The largest absolute Gasteiger partial charge is 0.496 e. The Morgan fingerprint density at radius 1 is 1.29 bits per heavy atom. The van der Waals surface area contributed by atoms with Gasteiger partial charge < -0.3 is 14.8 Å². The summed E-state index contributed by atoms with van der Waals surface area (Å²) in [4.78, 5) is 23.9. The first kappa shape index (κ1) is 21.4. The molecule has 2 aromatic rings. The van der Waals surface area contributed by atoms with Gasteiger partial charge in [-0.05, 0) is 13.0 Å². The summed E-state index contributed by atoms with van der Waals surface area (Å²) in [5, 5.41) is 6.39. The van der Waals surface area contributed by atoms with E-state index in [-0.39, 0.29) is 11.4 Å². The van der Waals surface area contributed by atoms with E-state index in [2.05, 4.69) is 15.1 Å². The highest BCUT2D eigenvalue weighted by molar-refractivity contribution is 7.89. The van der Waals surface area contributed by atoms with Gasteiger partial charge in [-0.3, -0.25) is 14.3 Å². The van der Waals surface area contributed by atoms with Gasteiger partial charge in [-0.1, -0.05) is 18.2 Å². The number of methoxy groups -OCH3 is 1. The molecule has 1 aromatic carbocycles. The standard InChI is InChI=1S/C17H22N4O6S/c1-12(17(23)18-8-13-6-4-5-7-15(13)26-3)27-16(22)10-20-28(24,25)14-9-19-21(2)11-14/h4-7,9,11-12,20H,8,10H2,1-3H3,(H,18,23). The molecule has 0 spiro atoms. The number of esters is 1. The summed E-state index contributed by atoms with van der Waals surface area (Å²) < 4.78 is 37.6. The molecule has 1 aromatic heterocycles. The predicted molar refractivity (Wildman–Crippen MR) is 98.8 cm³/mol. The molecule has 10 nitrogen and oxygen atoms in total. The van der Waals surface area contributed by atoms with E-state index in [1.165, 1.54) is 24.9 Å². The van der Waals surface area contributed by atoms with Crippen molar-refractivity contribution in [2.75, 3.05) is 13.7 Å². The Hall–Kier alpha value is -2.92. The van der Waals surface area contributed by atoms with Crippen molar-refractivity contribution in [2.24, 2.45) is 7.05 Å². The third-order valence-electron chi connectivity index (χ3n) is 3.72. The van der Waals surface area contributed by atoms with Crippen LogP contribution in [0.5, 0.6) is 5.75 Å². The molecule has 0 saturated carbocycles. The summed E-state index contributed by atoms with van der Waals surface area (Å²) in [6.45, 7) is 0.977. The number of benzene rings is 1. The van der Waals surface area contributed by atoms with Crippen LogP contribution >= 0.6 is 0 Å². The van der Waals surface area contributed by atoms with Crippen LogP contribution in [0.3, 0.4) is 0 Å². The molecule has 152 valence electrons. The molecular formula is C17H22N4O6S. The quantitative estimate of drug-likeness (QED) is 0.555.